The second-order valence-electron chi connectivity index (χ2n) is 6.23. The predicted molar refractivity (Wildman–Crippen MR) is 87.3 cm³/mol. The number of hydrogen-bond donors (Lipinski definition) is 2. The third-order valence-electron chi connectivity index (χ3n) is 4.58. The number of benzene rings is 1. The fourth-order valence-electron chi connectivity index (χ4n) is 3.35. The summed E-state index contributed by atoms with van der Waals surface area (Å²) in [7, 11) is 1.66. The number of methoxy groups -OCH3 is 1. The zero-order valence-electron chi connectivity index (χ0n) is 13.9. The molecule has 0 saturated carbocycles. The Bertz CT molecular complexity index is 438. The molecule has 0 spiro atoms. The van der Waals surface area contributed by atoms with E-state index in [0.29, 0.717) is 19.3 Å². The van der Waals surface area contributed by atoms with E-state index in [-0.39, 0.29) is 6.10 Å². The van der Waals surface area contributed by atoms with Gasteiger partial charge in [-0.05, 0) is 43.4 Å². The fraction of sp³-hybridized carbons (Fsp3) is 0.667. The summed E-state index contributed by atoms with van der Waals surface area (Å²) in [6.07, 6.45) is 4.73. The first-order valence-corrected chi connectivity index (χ1v) is 8.46. The van der Waals surface area contributed by atoms with Crippen LogP contribution >= 0.6 is 0 Å². The molecular weight excluding hydrogens is 278 g/mol. The van der Waals surface area contributed by atoms with E-state index in [0.717, 1.165) is 17.9 Å². The van der Waals surface area contributed by atoms with Crippen molar-refractivity contribution in [3.05, 3.63) is 29.8 Å². The molecule has 1 aliphatic rings. The predicted octanol–water partition coefficient (Wildman–Crippen LogP) is 1.42. The number of hydrogen-bond acceptors (Lipinski definition) is 3. The minimum Gasteiger partial charge on any atom is -0.497 e. The van der Waals surface area contributed by atoms with Gasteiger partial charge in [-0.1, -0.05) is 19.1 Å². The van der Waals surface area contributed by atoms with Crippen molar-refractivity contribution in [3.63, 3.8) is 0 Å². The van der Waals surface area contributed by atoms with Crippen molar-refractivity contribution in [1.29, 1.82) is 0 Å². The van der Waals surface area contributed by atoms with Gasteiger partial charge in [-0.2, -0.15) is 0 Å². The van der Waals surface area contributed by atoms with Gasteiger partial charge in [0.2, 0.25) is 0 Å². The first-order chi connectivity index (χ1) is 10.7. The van der Waals surface area contributed by atoms with Crippen LogP contribution in [0.3, 0.4) is 0 Å². The second kappa shape index (κ2) is 9.13. The van der Waals surface area contributed by atoms with Crippen molar-refractivity contribution in [2.24, 2.45) is 0 Å². The Kier molecular flexibility index (Phi) is 7.16. The summed E-state index contributed by atoms with van der Waals surface area (Å²) in [5.74, 6) is 0.838. The maximum absolute atomic E-state index is 10.2. The van der Waals surface area contributed by atoms with Gasteiger partial charge in [-0.3, -0.25) is 0 Å². The number of quaternary nitrogens is 1. The van der Waals surface area contributed by atoms with E-state index in [1.165, 1.54) is 32.2 Å². The van der Waals surface area contributed by atoms with Crippen LogP contribution in [0.25, 0.3) is 0 Å². The van der Waals surface area contributed by atoms with Gasteiger partial charge in [0, 0.05) is 0 Å². The molecular formula is C18H30NO3+. The smallest absolute Gasteiger partial charge is 0.126 e. The van der Waals surface area contributed by atoms with Crippen LogP contribution in [0, 0.1) is 0 Å². The Morgan fingerprint density at radius 3 is 3.00 bits per heavy atom. The summed E-state index contributed by atoms with van der Waals surface area (Å²) in [6, 6.07) is 8.57. The lowest BCUT2D eigenvalue weighted by Gasteiger charge is -2.33. The molecule has 2 rings (SSSR count). The quantitative estimate of drug-likeness (QED) is 0.763. The Balaban J connectivity index is 1.71. The summed E-state index contributed by atoms with van der Waals surface area (Å²) < 4.78 is 10.9. The topological polar surface area (TPSA) is 43.1 Å². The Hall–Kier alpha value is -1.10. The van der Waals surface area contributed by atoms with Gasteiger partial charge < -0.3 is 19.5 Å². The average molecular weight is 308 g/mol. The normalized spacial score (nSPS) is 23.2. The summed E-state index contributed by atoms with van der Waals surface area (Å²) in [6.45, 7) is 5.15. The molecule has 22 heavy (non-hydrogen) atoms. The van der Waals surface area contributed by atoms with E-state index in [9.17, 15) is 5.11 Å². The molecule has 4 nitrogen and oxygen atoms in total. The minimum atomic E-state index is -0.382. The number of piperidine rings is 1. The van der Waals surface area contributed by atoms with E-state index in [4.69, 9.17) is 9.47 Å². The number of aliphatic hydroxyl groups excluding tert-OH is 1. The molecule has 0 bridgehead atoms. The molecule has 1 aliphatic heterocycles. The van der Waals surface area contributed by atoms with Crippen molar-refractivity contribution in [3.8, 4) is 5.75 Å². The highest BCUT2D eigenvalue weighted by Gasteiger charge is 2.26. The highest BCUT2D eigenvalue weighted by Crippen LogP contribution is 2.13. The molecule has 0 radical (unpaired) electrons. The molecule has 3 atom stereocenters. The fourth-order valence-corrected chi connectivity index (χ4v) is 3.35. The number of aliphatic hydroxyl groups is 1. The van der Waals surface area contributed by atoms with Gasteiger partial charge in [0.15, 0.2) is 0 Å². The third kappa shape index (κ3) is 5.27. The van der Waals surface area contributed by atoms with Crippen LogP contribution < -0.4 is 9.64 Å². The van der Waals surface area contributed by atoms with Crippen LogP contribution in [0.1, 0.15) is 38.2 Å². The monoisotopic (exact) mass is 308 g/mol. The molecule has 0 aliphatic carbocycles. The molecule has 4 heteroatoms. The van der Waals surface area contributed by atoms with Gasteiger partial charge in [-0.15, -0.1) is 0 Å². The Morgan fingerprint density at radius 2 is 2.23 bits per heavy atom. The number of ether oxygens (including phenoxy) is 2. The zero-order valence-corrected chi connectivity index (χ0v) is 13.9. The minimum absolute atomic E-state index is 0.382. The van der Waals surface area contributed by atoms with Crippen LogP contribution in [0.5, 0.6) is 5.75 Å². The Labute approximate surface area is 134 Å². The van der Waals surface area contributed by atoms with Crippen LogP contribution in [0.15, 0.2) is 24.3 Å². The first-order valence-electron chi connectivity index (χ1n) is 8.46. The summed E-state index contributed by atoms with van der Waals surface area (Å²) in [5.41, 5.74) is 1.07. The largest absolute Gasteiger partial charge is 0.497 e. The number of nitrogens with one attached hydrogen (secondary N) is 1. The van der Waals surface area contributed by atoms with Gasteiger partial charge in [0.1, 0.15) is 18.4 Å². The lowest BCUT2D eigenvalue weighted by atomic mass is 10.00. The maximum Gasteiger partial charge on any atom is 0.126 e. The highest BCUT2D eigenvalue weighted by molar-refractivity contribution is 5.27. The molecule has 0 amide bonds. The van der Waals surface area contributed by atoms with Crippen LogP contribution in [0.2, 0.25) is 0 Å². The lowest BCUT2D eigenvalue weighted by Crippen LogP contribution is -3.17. The molecule has 1 unspecified atom stereocenters. The van der Waals surface area contributed by atoms with Gasteiger partial charge in [-0.25, -0.2) is 0 Å². The van der Waals surface area contributed by atoms with Crippen molar-refractivity contribution in [2.45, 2.75) is 51.4 Å². The van der Waals surface area contributed by atoms with Crippen LogP contribution in [0.4, 0.5) is 0 Å². The zero-order chi connectivity index (χ0) is 15.8. The summed E-state index contributed by atoms with van der Waals surface area (Å²) in [4.78, 5) is 1.55. The van der Waals surface area contributed by atoms with Crippen LogP contribution in [-0.2, 0) is 11.3 Å². The van der Waals surface area contributed by atoms with E-state index in [1.807, 2.05) is 24.3 Å². The third-order valence-corrected chi connectivity index (χ3v) is 4.58. The van der Waals surface area contributed by atoms with Crippen LogP contribution in [-0.4, -0.2) is 44.1 Å². The van der Waals surface area contributed by atoms with E-state index in [1.54, 1.807) is 12.0 Å². The van der Waals surface area contributed by atoms with Gasteiger partial charge in [0.05, 0.1) is 32.9 Å². The van der Waals surface area contributed by atoms with E-state index >= 15 is 0 Å². The van der Waals surface area contributed by atoms with Gasteiger partial charge in [0.25, 0.3) is 0 Å². The van der Waals surface area contributed by atoms with Crippen molar-refractivity contribution < 1.29 is 19.5 Å². The summed E-state index contributed by atoms with van der Waals surface area (Å²) in [5, 5.41) is 10.2. The van der Waals surface area contributed by atoms with E-state index < -0.39 is 0 Å². The number of likely N-dealkylation sites (tertiary alicyclic amines) is 1. The Morgan fingerprint density at radius 1 is 1.36 bits per heavy atom. The molecule has 1 fully saturated rings. The SMILES string of the molecule is CC[C@H]1CCCC[NH+]1C[C@H](O)COCc1cccc(OC)c1. The molecule has 124 valence electrons. The van der Waals surface area contributed by atoms with Crippen molar-refractivity contribution >= 4 is 0 Å². The van der Waals surface area contributed by atoms with E-state index in [2.05, 4.69) is 6.92 Å². The second-order valence-corrected chi connectivity index (χ2v) is 6.23. The molecule has 1 heterocycles. The van der Waals surface area contributed by atoms with Crippen molar-refractivity contribution in [2.75, 3.05) is 26.8 Å². The lowest BCUT2D eigenvalue weighted by molar-refractivity contribution is -0.933. The number of rotatable bonds is 8. The molecule has 1 aromatic rings. The van der Waals surface area contributed by atoms with Gasteiger partial charge >= 0.3 is 0 Å². The molecule has 1 aromatic carbocycles. The molecule has 1 saturated heterocycles. The standard InChI is InChI=1S/C18H29NO3/c1-3-16-8-4-5-10-19(16)12-17(20)14-22-13-15-7-6-9-18(11-15)21-2/h6-7,9,11,16-17,20H,3-5,8,10,12-14H2,1-2H3/p+1/t16-,17-/m0/s1. The van der Waals surface area contributed by atoms with Crippen molar-refractivity contribution in [1.82, 2.24) is 0 Å². The molecule has 0 aromatic heterocycles. The average Bonchev–Trinajstić information content (AvgIpc) is 2.55. The molecule has 2 N–H and O–H groups in total. The summed E-state index contributed by atoms with van der Waals surface area (Å²) >= 11 is 0. The maximum atomic E-state index is 10.2. The first kappa shape index (κ1) is 17.3. The highest BCUT2D eigenvalue weighted by atomic mass is 16.5.